The Morgan fingerprint density at radius 3 is 2.67 bits per heavy atom. The van der Waals surface area contributed by atoms with Crippen LogP contribution in [0.3, 0.4) is 0 Å². The first kappa shape index (κ1) is 15.1. The molecule has 1 fully saturated rings. The van der Waals surface area contributed by atoms with Gasteiger partial charge in [0, 0.05) is 31.9 Å². The van der Waals surface area contributed by atoms with Crippen molar-refractivity contribution >= 4 is 23.8 Å². The van der Waals surface area contributed by atoms with Crippen LogP contribution in [0.25, 0.3) is 0 Å². The summed E-state index contributed by atoms with van der Waals surface area (Å²) in [4.78, 5) is 26.5. The number of aliphatic carboxylic acids is 1. The van der Waals surface area contributed by atoms with E-state index in [1.165, 1.54) is 0 Å². The average Bonchev–Trinajstić information content (AvgIpc) is 2.83. The molecule has 1 N–H and O–H groups in total. The zero-order valence-corrected chi connectivity index (χ0v) is 12.1. The first-order valence-corrected chi connectivity index (χ1v) is 7.64. The predicted octanol–water partition coefficient (Wildman–Crippen LogP) is 1.59. The van der Waals surface area contributed by atoms with Gasteiger partial charge in [-0.3, -0.25) is 4.79 Å². The van der Waals surface area contributed by atoms with Crippen molar-refractivity contribution in [1.29, 1.82) is 0 Å². The molecule has 2 unspecified atom stereocenters. The first-order chi connectivity index (χ1) is 8.51. The summed E-state index contributed by atoms with van der Waals surface area (Å²) in [5.74, 6) is -0.290. The van der Waals surface area contributed by atoms with E-state index in [4.69, 9.17) is 5.11 Å². The molecule has 0 aromatic rings. The van der Waals surface area contributed by atoms with Gasteiger partial charge < -0.3 is 14.9 Å². The topological polar surface area (TPSA) is 60.9 Å². The van der Waals surface area contributed by atoms with Crippen LogP contribution in [0.4, 0.5) is 4.79 Å². The minimum absolute atomic E-state index is 0.0420. The van der Waals surface area contributed by atoms with E-state index in [9.17, 15) is 9.59 Å². The van der Waals surface area contributed by atoms with Gasteiger partial charge in [-0.25, -0.2) is 4.79 Å². The number of hydrogen-bond donors (Lipinski definition) is 1. The molecule has 0 spiro atoms. The molecule has 1 saturated heterocycles. The van der Waals surface area contributed by atoms with Crippen molar-refractivity contribution in [3.63, 3.8) is 0 Å². The van der Waals surface area contributed by atoms with Crippen LogP contribution in [0, 0.1) is 5.92 Å². The predicted molar refractivity (Wildman–Crippen MR) is 72.9 cm³/mol. The Kier molecular flexibility index (Phi) is 5.78. The first-order valence-electron chi connectivity index (χ1n) is 6.24. The van der Waals surface area contributed by atoms with Gasteiger partial charge in [0.1, 0.15) is 0 Å². The summed E-state index contributed by atoms with van der Waals surface area (Å²) in [7, 11) is 1.81. The maximum atomic E-state index is 12.2. The lowest BCUT2D eigenvalue weighted by Crippen LogP contribution is -2.46. The van der Waals surface area contributed by atoms with E-state index in [0.29, 0.717) is 19.5 Å². The Labute approximate surface area is 113 Å². The summed E-state index contributed by atoms with van der Waals surface area (Å²) < 4.78 is 0. The van der Waals surface area contributed by atoms with E-state index in [1.54, 1.807) is 28.6 Å². The van der Waals surface area contributed by atoms with Gasteiger partial charge >= 0.3 is 12.0 Å². The second kappa shape index (κ2) is 6.87. The molecule has 1 aliphatic rings. The largest absolute Gasteiger partial charge is 0.481 e. The molecule has 1 aliphatic heterocycles. The summed E-state index contributed by atoms with van der Waals surface area (Å²) in [6.45, 7) is 2.96. The third-order valence-corrected chi connectivity index (χ3v) is 4.21. The van der Waals surface area contributed by atoms with Gasteiger partial charge in [-0.05, 0) is 19.1 Å². The van der Waals surface area contributed by atoms with Crippen molar-refractivity contribution in [1.82, 2.24) is 9.80 Å². The van der Waals surface area contributed by atoms with Gasteiger partial charge in [-0.1, -0.05) is 6.92 Å². The number of urea groups is 1. The van der Waals surface area contributed by atoms with Gasteiger partial charge in [0.25, 0.3) is 0 Å². The Morgan fingerprint density at radius 2 is 2.22 bits per heavy atom. The number of carbonyl (C=O) groups excluding carboxylic acids is 1. The van der Waals surface area contributed by atoms with Crippen LogP contribution in [-0.2, 0) is 4.79 Å². The van der Waals surface area contributed by atoms with Gasteiger partial charge in [0.05, 0.1) is 5.92 Å². The molecule has 6 heteroatoms. The number of carboxylic acids is 1. The maximum absolute atomic E-state index is 12.2. The minimum Gasteiger partial charge on any atom is -0.481 e. The number of hydrogen-bond acceptors (Lipinski definition) is 3. The standard InChI is InChI=1S/C12H22N2O3S/c1-4-10(8-18-3)13(2)12(17)14-6-5-9(7-14)11(15)16/h9-10H,4-8H2,1-3H3,(H,15,16). The van der Waals surface area contributed by atoms with Crippen molar-refractivity contribution in [2.24, 2.45) is 5.92 Å². The van der Waals surface area contributed by atoms with E-state index < -0.39 is 11.9 Å². The van der Waals surface area contributed by atoms with Gasteiger partial charge in [-0.2, -0.15) is 11.8 Å². The van der Waals surface area contributed by atoms with E-state index in [1.807, 2.05) is 6.26 Å². The van der Waals surface area contributed by atoms with E-state index in [-0.39, 0.29) is 12.1 Å². The highest BCUT2D eigenvalue weighted by atomic mass is 32.2. The van der Waals surface area contributed by atoms with Gasteiger partial charge in [0.2, 0.25) is 0 Å². The van der Waals surface area contributed by atoms with Crippen molar-refractivity contribution in [2.75, 3.05) is 32.1 Å². The number of amides is 2. The fourth-order valence-corrected chi connectivity index (χ4v) is 3.05. The van der Waals surface area contributed by atoms with Crippen LogP contribution in [0.2, 0.25) is 0 Å². The molecule has 18 heavy (non-hydrogen) atoms. The Bertz CT molecular complexity index is 312. The number of nitrogens with zero attached hydrogens (tertiary/aromatic N) is 2. The molecule has 0 aromatic heterocycles. The molecule has 0 saturated carbocycles. The van der Waals surface area contributed by atoms with Crippen LogP contribution in [0.5, 0.6) is 0 Å². The molecule has 1 rings (SSSR count). The number of thioether (sulfide) groups is 1. The molecular formula is C12H22N2O3S. The second-order valence-corrected chi connectivity index (χ2v) is 5.59. The number of likely N-dealkylation sites (tertiary alicyclic amines) is 1. The summed E-state index contributed by atoms with van der Waals surface area (Å²) in [5, 5.41) is 8.94. The zero-order chi connectivity index (χ0) is 13.7. The molecule has 0 aliphatic carbocycles. The normalized spacial score (nSPS) is 20.8. The van der Waals surface area contributed by atoms with Crippen molar-refractivity contribution in [3.8, 4) is 0 Å². The lowest BCUT2D eigenvalue weighted by molar-refractivity contribution is -0.141. The van der Waals surface area contributed by atoms with Crippen LogP contribution in [0.1, 0.15) is 19.8 Å². The molecule has 1 heterocycles. The molecule has 104 valence electrons. The van der Waals surface area contributed by atoms with Crippen LogP contribution >= 0.6 is 11.8 Å². The quantitative estimate of drug-likeness (QED) is 0.827. The Morgan fingerprint density at radius 1 is 1.56 bits per heavy atom. The lowest BCUT2D eigenvalue weighted by Gasteiger charge is -2.30. The zero-order valence-electron chi connectivity index (χ0n) is 11.3. The number of carboxylic acid groups (broad SMARTS) is 1. The summed E-state index contributed by atoms with van der Waals surface area (Å²) >= 11 is 1.72. The van der Waals surface area contributed by atoms with E-state index in [0.717, 1.165) is 12.2 Å². The molecule has 5 nitrogen and oxygen atoms in total. The Hall–Kier alpha value is -0.910. The third-order valence-electron chi connectivity index (χ3n) is 3.49. The molecule has 0 aromatic carbocycles. The molecule has 2 amide bonds. The van der Waals surface area contributed by atoms with Gasteiger partial charge in [0.15, 0.2) is 0 Å². The number of rotatable bonds is 5. The van der Waals surface area contributed by atoms with Crippen LogP contribution < -0.4 is 0 Å². The molecule has 2 atom stereocenters. The highest BCUT2D eigenvalue weighted by Crippen LogP contribution is 2.19. The highest BCUT2D eigenvalue weighted by molar-refractivity contribution is 7.98. The minimum atomic E-state index is -0.802. The SMILES string of the molecule is CCC(CSC)N(C)C(=O)N1CCC(C(=O)O)C1. The fourth-order valence-electron chi connectivity index (χ4n) is 2.21. The molecular weight excluding hydrogens is 252 g/mol. The van der Waals surface area contributed by atoms with Crippen molar-refractivity contribution < 1.29 is 14.7 Å². The van der Waals surface area contributed by atoms with E-state index in [2.05, 4.69) is 6.92 Å². The van der Waals surface area contributed by atoms with Crippen molar-refractivity contribution in [2.45, 2.75) is 25.8 Å². The van der Waals surface area contributed by atoms with Gasteiger partial charge in [-0.15, -0.1) is 0 Å². The second-order valence-electron chi connectivity index (χ2n) is 4.68. The van der Waals surface area contributed by atoms with E-state index >= 15 is 0 Å². The molecule has 0 radical (unpaired) electrons. The summed E-state index contributed by atoms with van der Waals surface area (Å²) in [6, 6.07) is 0.177. The maximum Gasteiger partial charge on any atom is 0.320 e. The fraction of sp³-hybridized carbons (Fsp3) is 0.833. The number of carbonyl (C=O) groups is 2. The third kappa shape index (κ3) is 3.54. The lowest BCUT2D eigenvalue weighted by atomic mass is 10.1. The molecule has 0 bridgehead atoms. The van der Waals surface area contributed by atoms with Crippen LogP contribution in [0.15, 0.2) is 0 Å². The highest BCUT2D eigenvalue weighted by Gasteiger charge is 2.33. The van der Waals surface area contributed by atoms with Crippen LogP contribution in [-0.4, -0.2) is 65.1 Å². The summed E-state index contributed by atoms with van der Waals surface area (Å²) in [5.41, 5.74) is 0. The van der Waals surface area contributed by atoms with Crippen molar-refractivity contribution in [3.05, 3.63) is 0 Å². The monoisotopic (exact) mass is 274 g/mol. The Balaban J connectivity index is 2.56. The summed E-state index contributed by atoms with van der Waals surface area (Å²) in [6.07, 6.45) is 3.50. The average molecular weight is 274 g/mol. The smallest absolute Gasteiger partial charge is 0.320 e.